The second kappa shape index (κ2) is 7.37. The fourth-order valence-corrected chi connectivity index (χ4v) is 2.36. The number of tetrazole rings is 1. The summed E-state index contributed by atoms with van der Waals surface area (Å²) in [7, 11) is 1.43. The number of nitrogen functional groups attached to an aromatic ring is 1. The van der Waals surface area contributed by atoms with E-state index in [1.165, 1.54) is 13.3 Å². The standard InChI is InChI=1S/C11H11Br2N7O3/c1-23-6-2-5(8(12)9(13)10(6)22)3-15-16-7(21)4-20-11(14)17-18-19-20/h2-3,22H,4H2,1H3,(H,16,21)(H2,14,17,19)/b15-3-. The van der Waals surface area contributed by atoms with Crippen molar-refractivity contribution in [2.45, 2.75) is 6.54 Å². The number of nitrogens with zero attached hydrogens (tertiary/aromatic N) is 5. The van der Waals surface area contributed by atoms with Crippen LogP contribution in [0.5, 0.6) is 11.5 Å². The third-order valence-corrected chi connectivity index (χ3v) is 4.80. The Morgan fingerprint density at radius 2 is 2.30 bits per heavy atom. The van der Waals surface area contributed by atoms with Gasteiger partial charge in [0.05, 0.1) is 17.8 Å². The van der Waals surface area contributed by atoms with Crippen molar-refractivity contribution in [1.82, 2.24) is 25.6 Å². The van der Waals surface area contributed by atoms with Crippen LogP contribution in [0, 0.1) is 0 Å². The highest BCUT2D eigenvalue weighted by Crippen LogP contribution is 2.41. The second-order valence-electron chi connectivity index (χ2n) is 4.13. The number of hydrazone groups is 1. The molecule has 4 N–H and O–H groups in total. The highest BCUT2D eigenvalue weighted by Gasteiger charge is 2.14. The number of nitrogens with one attached hydrogen (secondary N) is 1. The van der Waals surface area contributed by atoms with Crippen LogP contribution in [0.2, 0.25) is 0 Å². The maximum Gasteiger partial charge on any atom is 0.261 e. The third kappa shape index (κ3) is 3.96. The number of carbonyl (C=O) groups is 1. The minimum atomic E-state index is -0.457. The summed E-state index contributed by atoms with van der Waals surface area (Å²) >= 11 is 6.53. The predicted molar refractivity (Wildman–Crippen MR) is 88.0 cm³/mol. The van der Waals surface area contributed by atoms with Crippen molar-refractivity contribution in [2.75, 3.05) is 12.8 Å². The molecule has 2 aromatic rings. The van der Waals surface area contributed by atoms with Crippen LogP contribution in [-0.4, -0.2) is 44.5 Å². The highest BCUT2D eigenvalue weighted by atomic mass is 79.9. The van der Waals surface area contributed by atoms with Crippen molar-refractivity contribution >= 4 is 49.9 Å². The molecule has 0 unspecified atom stereocenters. The molecule has 1 heterocycles. The molecule has 0 saturated heterocycles. The molecule has 1 aromatic carbocycles. The average molecular weight is 449 g/mol. The fourth-order valence-electron chi connectivity index (χ4n) is 1.53. The van der Waals surface area contributed by atoms with Crippen LogP contribution >= 0.6 is 31.9 Å². The highest BCUT2D eigenvalue weighted by molar-refractivity contribution is 9.13. The molecule has 0 atom stereocenters. The monoisotopic (exact) mass is 447 g/mol. The van der Waals surface area contributed by atoms with Gasteiger partial charge >= 0.3 is 0 Å². The number of amides is 1. The van der Waals surface area contributed by atoms with Gasteiger partial charge in [0, 0.05) is 10.0 Å². The summed E-state index contributed by atoms with van der Waals surface area (Å²) in [6, 6.07) is 1.55. The lowest BCUT2D eigenvalue weighted by Gasteiger charge is -2.09. The summed E-state index contributed by atoms with van der Waals surface area (Å²) in [4.78, 5) is 11.7. The summed E-state index contributed by atoms with van der Waals surface area (Å²) in [5.41, 5.74) is 8.34. The molecule has 1 aromatic heterocycles. The molecule has 10 nitrogen and oxygen atoms in total. The Morgan fingerprint density at radius 1 is 1.57 bits per heavy atom. The second-order valence-corrected chi connectivity index (χ2v) is 5.72. The smallest absolute Gasteiger partial charge is 0.261 e. The van der Waals surface area contributed by atoms with Gasteiger partial charge in [-0.15, -0.1) is 0 Å². The Labute approximate surface area is 146 Å². The molecule has 2 rings (SSSR count). The number of phenolic OH excluding ortho intramolecular Hbond substituents is 1. The SMILES string of the molecule is COc1cc(/C=N\NC(=O)Cn2nnnc2N)c(Br)c(Br)c1O. The van der Waals surface area contributed by atoms with Crippen LogP contribution in [0.4, 0.5) is 5.95 Å². The van der Waals surface area contributed by atoms with Gasteiger partial charge in [0.2, 0.25) is 5.95 Å². The summed E-state index contributed by atoms with van der Waals surface area (Å²) in [5, 5.41) is 24.0. The van der Waals surface area contributed by atoms with Gasteiger partial charge in [-0.1, -0.05) is 5.10 Å². The molecule has 122 valence electrons. The van der Waals surface area contributed by atoms with Crippen LogP contribution in [0.1, 0.15) is 5.56 Å². The Hall–Kier alpha value is -2.21. The van der Waals surface area contributed by atoms with Gasteiger partial charge in [-0.2, -0.15) is 5.10 Å². The number of rotatable bonds is 5. The van der Waals surface area contributed by atoms with Crippen molar-refractivity contribution in [3.05, 3.63) is 20.6 Å². The molecule has 0 saturated carbocycles. The first-order valence-corrected chi connectivity index (χ1v) is 7.61. The first kappa shape index (κ1) is 17.1. The molecular formula is C11H11Br2N7O3. The van der Waals surface area contributed by atoms with E-state index in [4.69, 9.17) is 10.5 Å². The molecule has 0 aliphatic rings. The Kier molecular flexibility index (Phi) is 5.50. The summed E-state index contributed by atoms with van der Waals surface area (Å²) in [5.74, 6) is -0.218. The normalized spacial score (nSPS) is 10.9. The minimum Gasteiger partial charge on any atom is -0.503 e. The first-order chi connectivity index (χ1) is 10.9. The lowest BCUT2D eigenvalue weighted by molar-refractivity contribution is -0.121. The summed E-state index contributed by atoms with van der Waals surface area (Å²) < 4.78 is 7.13. The van der Waals surface area contributed by atoms with Gasteiger partial charge in [-0.3, -0.25) is 4.79 Å². The van der Waals surface area contributed by atoms with Crippen molar-refractivity contribution in [2.24, 2.45) is 5.10 Å². The van der Waals surface area contributed by atoms with Crippen LogP contribution in [0.15, 0.2) is 20.1 Å². The molecular weight excluding hydrogens is 438 g/mol. The predicted octanol–water partition coefficient (Wildman–Crippen LogP) is 0.645. The Bertz CT molecular complexity index is 762. The fraction of sp³-hybridized carbons (Fsp3) is 0.182. The number of nitrogens with two attached hydrogens (primary N) is 1. The summed E-state index contributed by atoms with van der Waals surface area (Å²) in [6.45, 7) is -0.167. The van der Waals surface area contributed by atoms with E-state index in [0.717, 1.165) is 4.68 Å². The number of anilines is 1. The number of methoxy groups -OCH3 is 1. The van der Waals surface area contributed by atoms with Gasteiger partial charge in [-0.25, -0.2) is 10.1 Å². The maximum absolute atomic E-state index is 11.7. The number of hydrogen-bond donors (Lipinski definition) is 3. The number of phenols is 1. The largest absolute Gasteiger partial charge is 0.503 e. The van der Waals surface area contributed by atoms with Crippen LogP contribution in [-0.2, 0) is 11.3 Å². The van der Waals surface area contributed by atoms with Crippen molar-refractivity contribution < 1.29 is 14.6 Å². The first-order valence-electron chi connectivity index (χ1n) is 6.02. The zero-order valence-electron chi connectivity index (χ0n) is 11.7. The number of carbonyl (C=O) groups excluding carboxylic acids is 1. The van der Waals surface area contributed by atoms with E-state index < -0.39 is 5.91 Å². The minimum absolute atomic E-state index is 0.0269. The molecule has 0 aliphatic heterocycles. The molecule has 0 radical (unpaired) electrons. The van der Waals surface area contributed by atoms with Crippen molar-refractivity contribution in [1.29, 1.82) is 0 Å². The molecule has 0 spiro atoms. The number of ether oxygens (including phenoxy) is 1. The molecule has 0 fully saturated rings. The van der Waals surface area contributed by atoms with Gasteiger partial charge in [0.15, 0.2) is 11.5 Å². The van der Waals surface area contributed by atoms with Crippen molar-refractivity contribution in [3.8, 4) is 11.5 Å². The molecule has 0 aliphatic carbocycles. The van der Waals surface area contributed by atoms with Crippen LogP contribution in [0.3, 0.4) is 0 Å². The number of aromatic hydroxyl groups is 1. The lowest BCUT2D eigenvalue weighted by Crippen LogP contribution is -2.24. The van der Waals surface area contributed by atoms with Gasteiger partial charge in [0.1, 0.15) is 6.54 Å². The number of benzene rings is 1. The third-order valence-electron chi connectivity index (χ3n) is 2.64. The van der Waals surface area contributed by atoms with E-state index >= 15 is 0 Å². The zero-order valence-corrected chi connectivity index (χ0v) is 14.9. The average Bonchev–Trinajstić information content (AvgIpc) is 2.92. The van der Waals surface area contributed by atoms with Gasteiger partial charge < -0.3 is 15.6 Å². The zero-order chi connectivity index (χ0) is 17.0. The van der Waals surface area contributed by atoms with Gasteiger partial charge in [0.25, 0.3) is 5.91 Å². The lowest BCUT2D eigenvalue weighted by atomic mass is 10.2. The molecule has 1 amide bonds. The topological polar surface area (TPSA) is 141 Å². The summed E-state index contributed by atoms with van der Waals surface area (Å²) in [6.07, 6.45) is 1.39. The molecule has 23 heavy (non-hydrogen) atoms. The van der Waals surface area contributed by atoms with E-state index in [-0.39, 0.29) is 24.0 Å². The van der Waals surface area contributed by atoms with E-state index in [9.17, 15) is 9.90 Å². The number of aromatic nitrogens is 4. The Morgan fingerprint density at radius 3 is 2.91 bits per heavy atom. The van der Waals surface area contributed by atoms with E-state index in [1.807, 2.05) is 0 Å². The van der Waals surface area contributed by atoms with Crippen molar-refractivity contribution in [3.63, 3.8) is 0 Å². The number of hydrogen-bond acceptors (Lipinski definition) is 8. The van der Waals surface area contributed by atoms with Crippen LogP contribution in [0.25, 0.3) is 0 Å². The van der Waals surface area contributed by atoms with Gasteiger partial charge in [-0.05, 0) is 48.4 Å². The Balaban J connectivity index is 2.07. The van der Waals surface area contributed by atoms with E-state index in [2.05, 4.69) is 57.9 Å². The maximum atomic E-state index is 11.7. The van der Waals surface area contributed by atoms with Crippen LogP contribution < -0.4 is 15.9 Å². The molecule has 12 heteroatoms. The van der Waals surface area contributed by atoms with E-state index in [1.54, 1.807) is 6.07 Å². The number of halogens is 2. The quantitative estimate of drug-likeness (QED) is 0.450. The van der Waals surface area contributed by atoms with E-state index in [0.29, 0.717) is 14.5 Å². The molecule has 0 bridgehead atoms.